The van der Waals surface area contributed by atoms with Gasteiger partial charge in [0.25, 0.3) is 11.6 Å². The molecular weight excluding hydrogens is 522 g/mol. The molecule has 10 nitrogen and oxygen atoms in total. The molecule has 170 valence electrons. The van der Waals surface area contributed by atoms with Gasteiger partial charge in [-0.25, -0.2) is 5.43 Å². The van der Waals surface area contributed by atoms with Crippen LogP contribution in [0.4, 0.5) is 5.69 Å². The quantitative estimate of drug-likeness (QED) is 0.154. The molecule has 0 radical (unpaired) electrons. The van der Waals surface area contributed by atoms with E-state index in [-0.39, 0.29) is 17.3 Å². The molecule has 1 amide bonds. The molecule has 0 fully saturated rings. The number of non-ortho nitro benzene ring substituents is 1. The number of hydrazone groups is 1. The van der Waals surface area contributed by atoms with Crippen LogP contribution in [0.2, 0.25) is 0 Å². The summed E-state index contributed by atoms with van der Waals surface area (Å²) in [6, 6.07) is 17.3. The molecule has 2 aromatic heterocycles. The maximum Gasteiger partial charge on any atom is 0.270 e. The molecule has 0 unspecified atom stereocenters. The van der Waals surface area contributed by atoms with Crippen LogP contribution in [0.15, 0.2) is 87.8 Å². The summed E-state index contributed by atoms with van der Waals surface area (Å²) in [5.74, 6) is 0.302. The van der Waals surface area contributed by atoms with Gasteiger partial charge in [0, 0.05) is 45.8 Å². The van der Waals surface area contributed by atoms with E-state index in [9.17, 15) is 14.9 Å². The number of carbonyl (C=O) groups is 1. The summed E-state index contributed by atoms with van der Waals surface area (Å²) in [6.07, 6.45) is 4.70. The smallest absolute Gasteiger partial charge is 0.270 e. The predicted octanol–water partition coefficient (Wildman–Crippen LogP) is 4.24. The minimum atomic E-state index is -0.492. The molecule has 0 aliphatic carbocycles. The Hall–Kier alpha value is -3.90. The Kier molecular flexibility index (Phi) is 7.40. The van der Waals surface area contributed by atoms with E-state index >= 15 is 0 Å². The van der Waals surface area contributed by atoms with Gasteiger partial charge in [-0.05, 0) is 36.4 Å². The number of thioether (sulfide) groups is 1. The van der Waals surface area contributed by atoms with Crippen LogP contribution in [-0.4, -0.2) is 42.5 Å². The summed E-state index contributed by atoms with van der Waals surface area (Å²) in [5, 5.41) is 23.9. The number of benzene rings is 2. The molecule has 12 heteroatoms. The molecule has 0 aliphatic rings. The topological polar surface area (TPSA) is 128 Å². The van der Waals surface area contributed by atoms with Gasteiger partial charge < -0.3 is 0 Å². The molecular formula is C22H16BrN7O3S. The van der Waals surface area contributed by atoms with Crippen LogP contribution < -0.4 is 5.43 Å². The van der Waals surface area contributed by atoms with Crippen LogP contribution in [0, 0.1) is 10.1 Å². The third kappa shape index (κ3) is 5.71. The standard InChI is InChI=1S/C22H16BrN7O3S/c23-17-4-6-18(7-5-17)29-21(16-8-10-24-11-9-16)27-28-22(29)34-14-20(31)26-25-13-15-2-1-3-19(12-15)30(32)33/h1-13H,14H2,(H,26,31)/b25-13+. The summed E-state index contributed by atoms with van der Waals surface area (Å²) >= 11 is 4.65. The fraction of sp³-hybridized carbons (Fsp3) is 0.0455. The largest absolute Gasteiger partial charge is 0.272 e. The van der Waals surface area contributed by atoms with Crippen LogP contribution in [-0.2, 0) is 4.79 Å². The Balaban J connectivity index is 1.48. The highest BCUT2D eigenvalue weighted by molar-refractivity contribution is 9.10. The number of nitrogens with zero attached hydrogens (tertiary/aromatic N) is 6. The number of pyridine rings is 1. The van der Waals surface area contributed by atoms with Crippen molar-refractivity contribution in [1.82, 2.24) is 25.2 Å². The number of hydrogen-bond acceptors (Lipinski definition) is 8. The summed E-state index contributed by atoms with van der Waals surface area (Å²) < 4.78 is 2.80. The molecule has 2 aromatic carbocycles. The third-order valence-electron chi connectivity index (χ3n) is 4.47. The molecule has 2 heterocycles. The Labute approximate surface area is 206 Å². The van der Waals surface area contributed by atoms with Crippen LogP contribution >= 0.6 is 27.7 Å². The second-order valence-electron chi connectivity index (χ2n) is 6.79. The van der Waals surface area contributed by atoms with E-state index < -0.39 is 4.92 Å². The van der Waals surface area contributed by atoms with Gasteiger partial charge in [-0.3, -0.25) is 24.5 Å². The zero-order valence-electron chi connectivity index (χ0n) is 17.4. The molecule has 4 rings (SSSR count). The highest BCUT2D eigenvalue weighted by atomic mass is 79.9. The zero-order chi connectivity index (χ0) is 23.9. The van der Waals surface area contributed by atoms with Crippen LogP contribution in [0.5, 0.6) is 0 Å². The third-order valence-corrected chi connectivity index (χ3v) is 5.93. The first-order valence-corrected chi connectivity index (χ1v) is 11.6. The number of hydrogen-bond donors (Lipinski definition) is 1. The Morgan fingerprint density at radius 3 is 2.65 bits per heavy atom. The maximum absolute atomic E-state index is 12.3. The van der Waals surface area contributed by atoms with Crippen molar-refractivity contribution in [3.8, 4) is 17.1 Å². The van der Waals surface area contributed by atoms with E-state index in [4.69, 9.17) is 0 Å². The number of nitro benzene ring substituents is 1. The maximum atomic E-state index is 12.3. The average Bonchev–Trinajstić information content (AvgIpc) is 3.28. The number of halogens is 1. The van der Waals surface area contributed by atoms with Crippen molar-refractivity contribution in [2.75, 3.05) is 5.75 Å². The normalized spacial score (nSPS) is 11.0. The first-order chi connectivity index (χ1) is 16.5. The van der Waals surface area contributed by atoms with Crippen molar-refractivity contribution in [3.05, 3.63) is 93.2 Å². The summed E-state index contributed by atoms with van der Waals surface area (Å²) in [4.78, 5) is 26.7. The van der Waals surface area contributed by atoms with E-state index in [1.807, 2.05) is 41.0 Å². The molecule has 1 N–H and O–H groups in total. The fourth-order valence-electron chi connectivity index (χ4n) is 2.93. The molecule has 0 bridgehead atoms. The molecule has 0 saturated carbocycles. The lowest BCUT2D eigenvalue weighted by molar-refractivity contribution is -0.384. The Morgan fingerprint density at radius 1 is 1.15 bits per heavy atom. The van der Waals surface area contributed by atoms with Gasteiger partial charge in [-0.1, -0.05) is 39.8 Å². The SMILES string of the molecule is O=C(CSc1nnc(-c2ccncc2)n1-c1ccc(Br)cc1)N/N=C/c1cccc([N+](=O)[O-])c1. The molecule has 0 aliphatic heterocycles. The van der Waals surface area contributed by atoms with Crippen molar-refractivity contribution in [2.24, 2.45) is 5.10 Å². The molecule has 0 spiro atoms. The average molecular weight is 538 g/mol. The van der Waals surface area contributed by atoms with Gasteiger partial charge in [0.1, 0.15) is 0 Å². The summed E-state index contributed by atoms with van der Waals surface area (Å²) in [6.45, 7) is 0. The lowest BCUT2D eigenvalue weighted by Crippen LogP contribution is -2.20. The minimum Gasteiger partial charge on any atom is -0.272 e. The number of nitro groups is 1. The van der Waals surface area contributed by atoms with Crippen molar-refractivity contribution in [1.29, 1.82) is 0 Å². The second kappa shape index (κ2) is 10.8. The summed E-state index contributed by atoms with van der Waals surface area (Å²) in [7, 11) is 0. The molecule has 0 saturated heterocycles. The van der Waals surface area contributed by atoms with E-state index in [1.54, 1.807) is 24.5 Å². The monoisotopic (exact) mass is 537 g/mol. The van der Waals surface area contributed by atoms with E-state index in [2.05, 4.69) is 41.6 Å². The van der Waals surface area contributed by atoms with Crippen LogP contribution in [0.25, 0.3) is 17.1 Å². The zero-order valence-corrected chi connectivity index (χ0v) is 19.8. The number of carbonyl (C=O) groups excluding carboxylic acids is 1. The second-order valence-corrected chi connectivity index (χ2v) is 8.65. The van der Waals surface area contributed by atoms with Gasteiger partial charge in [0.2, 0.25) is 0 Å². The van der Waals surface area contributed by atoms with Crippen molar-refractivity contribution in [2.45, 2.75) is 5.16 Å². The van der Waals surface area contributed by atoms with E-state index in [0.717, 1.165) is 15.7 Å². The number of nitrogens with one attached hydrogen (secondary N) is 1. The number of rotatable bonds is 8. The highest BCUT2D eigenvalue weighted by Crippen LogP contribution is 2.28. The minimum absolute atomic E-state index is 0.0390. The summed E-state index contributed by atoms with van der Waals surface area (Å²) in [5.41, 5.74) is 4.55. The first-order valence-electron chi connectivity index (χ1n) is 9.82. The number of amides is 1. The van der Waals surface area contributed by atoms with Crippen LogP contribution in [0.3, 0.4) is 0 Å². The van der Waals surface area contributed by atoms with Gasteiger partial charge in [-0.15, -0.1) is 10.2 Å². The van der Waals surface area contributed by atoms with Crippen LogP contribution in [0.1, 0.15) is 5.56 Å². The molecule has 4 aromatic rings. The fourth-order valence-corrected chi connectivity index (χ4v) is 3.94. The van der Waals surface area contributed by atoms with Gasteiger partial charge in [0.05, 0.1) is 16.9 Å². The highest BCUT2D eigenvalue weighted by Gasteiger charge is 2.17. The van der Waals surface area contributed by atoms with Crippen molar-refractivity contribution in [3.63, 3.8) is 0 Å². The van der Waals surface area contributed by atoms with E-state index in [1.165, 1.54) is 30.1 Å². The Bertz CT molecular complexity index is 1340. The van der Waals surface area contributed by atoms with Gasteiger partial charge >= 0.3 is 0 Å². The predicted molar refractivity (Wildman–Crippen MR) is 132 cm³/mol. The van der Waals surface area contributed by atoms with Gasteiger partial charge in [-0.2, -0.15) is 5.10 Å². The van der Waals surface area contributed by atoms with Gasteiger partial charge in [0.15, 0.2) is 11.0 Å². The number of aromatic nitrogens is 4. The Morgan fingerprint density at radius 2 is 1.91 bits per heavy atom. The van der Waals surface area contributed by atoms with Crippen molar-refractivity contribution >= 4 is 45.5 Å². The van der Waals surface area contributed by atoms with E-state index in [0.29, 0.717) is 16.5 Å². The van der Waals surface area contributed by atoms with Crippen molar-refractivity contribution < 1.29 is 9.72 Å². The molecule has 34 heavy (non-hydrogen) atoms. The lowest BCUT2D eigenvalue weighted by Gasteiger charge is -2.10. The first kappa shape index (κ1) is 23.3. The molecule has 0 atom stereocenters. The lowest BCUT2D eigenvalue weighted by atomic mass is 10.2.